The predicted molar refractivity (Wildman–Crippen MR) is 155 cm³/mol. The molecule has 2 aliphatic carbocycles. The summed E-state index contributed by atoms with van der Waals surface area (Å²) < 4.78 is 13.1. The zero-order chi connectivity index (χ0) is 27.2. The lowest BCUT2D eigenvalue weighted by atomic mass is 10.1. The second-order valence-corrected chi connectivity index (χ2v) is 11.9. The van der Waals surface area contributed by atoms with Crippen LogP contribution in [0, 0.1) is 0 Å². The normalized spacial score (nSPS) is 15.4. The molecule has 0 saturated heterocycles. The highest BCUT2D eigenvalue weighted by atomic mass is 32.2. The van der Waals surface area contributed by atoms with Crippen molar-refractivity contribution >= 4 is 40.0 Å². The molecule has 1 saturated carbocycles. The van der Waals surface area contributed by atoms with E-state index in [9.17, 15) is 9.59 Å². The number of carbonyl (C=O) groups excluding carboxylic acids is 2. The van der Waals surface area contributed by atoms with Crippen molar-refractivity contribution in [2.75, 3.05) is 18.2 Å². The first kappa shape index (κ1) is 27.5. The predicted octanol–water partition coefficient (Wildman–Crippen LogP) is 6.30. The standard InChI is InChI=1S/C29H34N4O4S2/c1-3-17-33-26(19-13-15-21(16-14-19)37-20-9-7-8-10-20)31-32-29(33)38-18-24(34)30-27-25(28(35)36-2)22-11-5-4-6-12-23(22)39-27/h3,13-16,20H,1,4-12,17-18H2,2H3,(H,30,34). The first-order valence-electron chi connectivity index (χ1n) is 13.5. The largest absolute Gasteiger partial charge is 0.490 e. The quantitative estimate of drug-likeness (QED) is 0.133. The molecule has 3 aromatic rings. The highest BCUT2D eigenvalue weighted by Gasteiger charge is 2.26. The van der Waals surface area contributed by atoms with E-state index in [1.807, 2.05) is 28.8 Å². The smallest absolute Gasteiger partial charge is 0.341 e. The van der Waals surface area contributed by atoms with Gasteiger partial charge in [0.25, 0.3) is 0 Å². The fraction of sp³-hybridized carbons (Fsp3) is 0.448. The van der Waals surface area contributed by atoms with Gasteiger partial charge >= 0.3 is 5.97 Å². The van der Waals surface area contributed by atoms with E-state index in [0.717, 1.165) is 61.8 Å². The Labute approximate surface area is 237 Å². The van der Waals surface area contributed by atoms with E-state index in [-0.39, 0.29) is 11.7 Å². The minimum Gasteiger partial charge on any atom is -0.490 e. The number of ether oxygens (including phenoxy) is 2. The third kappa shape index (κ3) is 6.38. The number of hydrogen-bond donors (Lipinski definition) is 1. The maximum atomic E-state index is 13.0. The molecule has 10 heteroatoms. The van der Waals surface area contributed by atoms with Gasteiger partial charge in [0.2, 0.25) is 5.91 Å². The molecule has 39 heavy (non-hydrogen) atoms. The van der Waals surface area contributed by atoms with Crippen molar-refractivity contribution in [1.82, 2.24) is 14.8 Å². The zero-order valence-electron chi connectivity index (χ0n) is 22.2. The Morgan fingerprint density at radius 2 is 1.90 bits per heavy atom. The summed E-state index contributed by atoms with van der Waals surface area (Å²) in [4.78, 5) is 26.7. The van der Waals surface area contributed by atoms with Gasteiger partial charge in [-0.3, -0.25) is 9.36 Å². The van der Waals surface area contributed by atoms with Crippen LogP contribution in [0.1, 0.15) is 65.7 Å². The number of aromatic nitrogens is 3. The number of anilines is 1. The number of benzene rings is 1. The molecule has 8 nitrogen and oxygen atoms in total. The summed E-state index contributed by atoms with van der Waals surface area (Å²) >= 11 is 2.80. The van der Waals surface area contributed by atoms with Gasteiger partial charge in [0.1, 0.15) is 10.8 Å². The van der Waals surface area contributed by atoms with Gasteiger partial charge < -0.3 is 14.8 Å². The number of nitrogens with zero attached hydrogens (tertiary/aromatic N) is 3. The zero-order valence-corrected chi connectivity index (χ0v) is 23.9. The van der Waals surface area contributed by atoms with E-state index in [4.69, 9.17) is 9.47 Å². The van der Waals surface area contributed by atoms with E-state index in [2.05, 4.69) is 22.1 Å². The van der Waals surface area contributed by atoms with Gasteiger partial charge in [0, 0.05) is 17.0 Å². The fourth-order valence-electron chi connectivity index (χ4n) is 5.23. The molecule has 5 rings (SSSR count). The fourth-order valence-corrected chi connectivity index (χ4v) is 7.27. The lowest BCUT2D eigenvalue weighted by Crippen LogP contribution is -2.16. The van der Waals surface area contributed by atoms with Crippen LogP contribution in [0.15, 0.2) is 42.1 Å². The number of thioether (sulfide) groups is 1. The number of methoxy groups -OCH3 is 1. The van der Waals surface area contributed by atoms with Crippen LogP contribution >= 0.6 is 23.1 Å². The van der Waals surface area contributed by atoms with Crippen LogP contribution in [0.3, 0.4) is 0 Å². The Balaban J connectivity index is 1.27. The molecule has 0 bridgehead atoms. The monoisotopic (exact) mass is 566 g/mol. The Bertz CT molecular complexity index is 1330. The minimum absolute atomic E-state index is 0.132. The van der Waals surface area contributed by atoms with Gasteiger partial charge in [0.05, 0.1) is 24.5 Å². The maximum absolute atomic E-state index is 13.0. The highest BCUT2D eigenvalue weighted by Crippen LogP contribution is 2.38. The summed E-state index contributed by atoms with van der Waals surface area (Å²) in [5.74, 6) is 1.10. The molecule has 0 aliphatic heterocycles. The number of aryl methyl sites for hydroxylation is 1. The van der Waals surface area contributed by atoms with Crippen molar-refractivity contribution in [2.45, 2.75) is 75.6 Å². The second-order valence-electron chi connectivity index (χ2n) is 9.85. The summed E-state index contributed by atoms with van der Waals surface area (Å²) in [6, 6.07) is 7.93. The summed E-state index contributed by atoms with van der Waals surface area (Å²) in [6.07, 6.45) is 11.8. The van der Waals surface area contributed by atoms with E-state index in [1.165, 1.54) is 47.9 Å². The Morgan fingerprint density at radius 3 is 2.64 bits per heavy atom. The maximum Gasteiger partial charge on any atom is 0.341 e. The molecular weight excluding hydrogens is 532 g/mol. The van der Waals surface area contributed by atoms with Crippen LogP contribution in [0.2, 0.25) is 0 Å². The van der Waals surface area contributed by atoms with Crippen molar-refractivity contribution in [2.24, 2.45) is 0 Å². The van der Waals surface area contributed by atoms with Gasteiger partial charge in [-0.2, -0.15) is 0 Å². The van der Waals surface area contributed by atoms with Crippen molar-refractivity contribution in [3.63, 3.8) is 0 Å². The molecule has 1 amide bonds. The Hall–Kier alpha value is -3.11. The summed E-state index contributed by atoms with van der Waals surface area (Å²) in [6.45, 7) is 4.39. The first-order chi connectivity index (χ1) is 19.1. The summed E-state index contributed by atoms with van der Waals surface area (Å²) in [5, 5.41) is 12.9. The molecule has 2 aromatic heterocycles. The van der Waals surface area contributed by atoms with Crippen molar-refractivity contribution < 1.29 is 19.1 Å². The van der Waals surface area contributed by atoms with Gasteiger partial charge in [-0.15, -0.1) is 28.1 Å². The number of nitrogens with one attached hydrogen (secondary N) is 1. The molecule has 1 N–H and O–H groups in total. The van der Waals surface area contributed by atoms with Crippen molar-refractivity contribution in [1.29, 1.82) is 0 Å². The number of carbonyl (C=O) groups is 2. The molecule has 0 radical (unpaired) electrons. The lowest BCUT2D eigenvalue weighted by molar-refractivity contribution is -0.113. The van der Waals surface area contributed by atoms with E-state index < -0.39 is 5.97 Å². The average molecular weight is 567 g/mol. The number of thiophene rings is 1. The van der Waals surface area contributed by atoms with Gasteiger partial charge in [0.15, 0.2) is 11.0 Å². The second kappa shape index (κ2) is 12.8. The molecule has 2 heterocycles. The van der Waals surface area contributed by atoms with Crippen LogP contribution < -0.4 is 10.1 Å². The number of esters is 1. The van der Waals surface area contributed by atoms with Gasteiger partial charge in [-0.25, -0.2) is 4.79 Å². The molecule has 0 atom stereocenters. The third-order valence-electron chi connectivity index (χ3n) is 7.14. The van der Waals surface area contributed by atoms with Gasteiger partial charge in [-0.1, -0.05) is 24.3 Å². The number of fused-ring (bicyclic) bond motifs is 1. The number of allylic oxidation sites excluding steroid dienone is 1. The van der Waals surface area contributed by atoms with Crippen LogP contribution in [-0.4, -0.2) is 45.6 Å². The summed E-state index contributed by atoms with van der Waals surface area (Å²) in [5.41, 5.74) is 2.46. The Morgan fingerprint density at radius 1 is 1.13 bits per heavy atom. The van der Waals surface area contributed by atoms with Crippen molar-refractivity contribution in [3.8, 4) is 17.1 Å². The summed E-state index contributed by atoms with van der Waals surface area (Å²) in [7, 11) is 1.38. The molecule has 0 spiro atoms. The SMILES string of the molecule is C=CCn1c(SCC(=O)Nc2sc3c(c2C(=O)OC)CCCCC3)nnc1-c1ccc(OC2CCCC2)cc1. The van der Waals surface area contributed by atoms with Crippen LogP contribution in [0.25, 0.3) is 11.4 Å². The Kier molecular flexibility index (Phi) is 9.03. The average Bonchev–Trinajstić information content (AvgIpc) is 3.64. The minimum atomic E-state index is -0.396. The first-order valence-corrected chi connectivity index (χ1v) is 15.3. The molecule has 0 unspecified atom stereocenters. The van der Waals surface area contributed by atoms with Crippen LogP contribution in [0.5, 0.6) is 5.75 Å². The van der Waals surface area contributed by atoms with E-state index in [0.29, 0.717) is 34.2 Å². The topological polar surface area (TPSA) is 95.3 Å². The molecule has 206 valence electrons. The molecule has 1 fully saturated rings. The molecular formula is C29H34N4O4S2. The van der Waals surface area contributed by atoms with Gasteiger partial charge in [-0.05, 0) is 81.2 Å². The van der Waals surface area contributed by atoms with Crippen LogP contribution in [-0.2, 0) is 28.9 Å². The number of amides is 1. The highest BCUT2D eigenvalue weighted by molar-refractivity contribution is 7.99. The molecule has 1 aromatic carbocycles. The third-order valence-corrected chi connectivity index (χ3v) is 9.32. The van der Waals surface area contributed by atoms with Crippen molar-refractivity contribution in [3.05, 3.63) is 52.9 Å². The number of rotatable bonds is 10. The van der Waals surface area contributed by atoms with Crippen LogP contribution in [0.4, 0.5) is 5.00 Å². The van der Waals surface area contributed by atoms with E-state index in [1.54, 1.807) is 6.08 Å². The molecule has 2 aliphatic rings. The lowest BCUT2D eigenvalue weighted by Gasteiger charge is -2.13. The van der Waals surface area contributed by atoms with E-state index >= 15 is 0 Å². The number of hydrogen-bond acceptors (Lipinski definition) is 8.